The summed E-state index contributed by atoms with van der Waals surface area (Å²) in [5.41, 5.74) is 1.54. The number of carbonyl (C=O) groups excluding carboxylic acids is 1. The lowest BCUT2D eigenvalue weighted by molar-refractivity contribution is 0.0696. The van der Waals surface area contributed by atoms with Crippen molar-refractivity contribution >= 4 is 11.9 Å². The number of hydrogen-bond donors (Lipinski definition) is 2. The van der Waals surface area contributed by atoms with Crippen LogP contribution in [-0.2, 0) is 6.42 Å². The van der Waals surface area contributed by atoms with Crippen molar-refractivity contribution in [3.05, 3.63) is 53.0 Å². The Morgan fingerprint density at radius 2 is 2.04 bits per heavy atom. The van der Waals surface area contributed by atoms with Gasteiger partial charge in [-0.2, -0.15) is 0 Å². The van der Waals surface area contributed by atoms with Crippen molar-refractivity contribution in [3.63, 3.8) is 0 Å². The topological polar surface area (TPSA) is 88.8 Å². The number of carboxylic acids is 1. The maximum Gasteiger partial charge on any atom is 0.335 e. The molecular weight excluding hydrogens is 310 g/mol. The lowest BCUT2D eigenvalue weighted by atomic mass is 10.1. The fourth-order valence-electron chi connectivity index (χ4n) is 2.45. The highest BCUT2D eigenvalue weighted by atomic mass is 16.5. The number of benzene rings is 1. The zero-order valence-electron chi connectivity index (χ0n) is 14.0. The summed E-state index contributed by atoms with van der Waals surface area (Å²) in [5, 5.41) is 11.8. The monoisotopic (exact) mass is 331 g/mol. The third-order valence-electron chi connectivity index (χ3n) is 3.68. The Morgan fingerprint density at radius 1 is 1.29 bits per heavy atom. The van der Waals surface area contributed by atoms with Crippen LogP contribution in [0.3, 0.4) is 0 Å². The molecule has 0 bridgehead atoms. The highest BCUT2D eigenvalue weighted by Crippen LogP contribution is 2.22. The molecule has 0 radical (unpaired) electrons. The third kappa shape index (κ3) is 3.95. The number of hydrogen-bond acceptors (Lipinski definition) is 4. The summed E-state index contributed by atoms with van der Waals surface area (Å²) in [6, 6.07) is 6.36. The number of furan rings is 1. The largest absolute Gasteiger partial charge is 0.496 e. The maximum atomic E-state index is 12.2. The Labute approximate surface area is 140 Å². The van der Waals surface area contributed by atoms with E-state index in [1.165, 1.54) is 25.5 Å². The Kier molecular flexibility index (Phi) is 5.63. The maximum absolute atomic E-state index is 12.2. The minimum Gasteiger partial charge on any atom is -0.496 e. The van der Waals surface area contributed by atoms with E-state index in [1.54, 1.807) is 12.1 Å². The standard InChI is InChI=1S/C18H21NO5/c1-11(2)16-14(7-9-24-16)17(20)19-8-6-12-4-5-13(18(21)22)10-15(12)23-3/h4-5,7,9-11H,6,8H2,1-3H3,(H,19,20)(H,21,22). The summed E-state index contributed by atoms with van der Waals surface area (Å²) in [4.78, 5) is 23.2. The van der Waals surface area contributed by atoms with Crippen LogP contribution in [0.2, 0.25) is 0 Å². The highest BCUT2D eigenvalue weighted by Gasteiger charge is 2.17. The van der Waals surface area contributed by atoms with Crippen LogP contribution in [-0.4, -0.2) is 30.6 Å². The number of carboxylic acid groups (broad SMARTS) is 1. The second-order valence-corrected chi connectivity index (χ2v) is 5.69. The van der Waals surface area contributed by atoms with Gasteiger partial charge in [-0.1, -0.05) is 19.9 Å². The van der Waals surface area contributed by atoms with Gasteiger partial charge in [0.2, 0.25) is 0 Å². The molecular formula is C18H21NO5. The molecule has 0 aliphatic rings. The molecule has 1 aromatic heterocycles. The second kappa shape index (κ2) is 7.68. The quantitative estimate of drug-likeness (QED) is 0.814. The van der Waals surface area contributed by atoms with E-state index in [0.29, 0.717) is 30.0 Å². The van der Waals surface area contributed by atoms with Gasteiger partial charge in [0.05, 0.1) is 24.5 Å². The molecule has 2 N–H and O–H groups in total. The first-order valence-electron chi connectivity index (χ1n) is 7.69. The van der Waals surface area contributed by atoms with Crippen molar-refractivity contribution in [2.45, 2.75) is 26.2 Å². The molecule has 0 saturated carbocycles. The smallest absolute Gasteiger partial charge is 0.335 e. The van der Waals surface area contributed by atoms with Crippen LogP contribution in [0.15, 0.2) is 34.9 Å². The van der Waals surface area contributed by atoms with Crippen molar-refractivity contribution in [1.82, 2.24) is 5.32 Å². The average molecular weight is 331 g/mol. The average Bonchev–Trinajstić information content (AvgIpc) is 3.04. The predicted molar refractivity (Wildman–Crippen MR) is 88.8 cm³/mol. The summed E-state index contributed by atoms with van der Waals surface area (Å²) >= 11 is 0. The summed E-state index contributed by atoms with van der Waals surface area (Å²) in [6.45, 7) is 4.33. The second-order valence-electron chi connectivity index (χ2n) is 5.69. The van der Waals surface area contributed by atoms with Crippen molar-refractivity contribution in [2.24, 2.45) is 0 Å². The zero-order chi connectivity index (χ0) is 17.7. The van der Waals surface area contributed by atoms with E-state index < -0.39 is 5.97 Å². The molecule has 2 rings (SSSR count). The molecule has 0 aliphatic carbocycles. The molecule has 0 saturated heterocycles. The molecule has 6 heteroatoms. The van der Waals surface area contributed by atoms with Crippen LogP contribution in [0.4, 0.5) is 0 Å². The molecule has 6 nitrogen and oxygen atoms in total. The van der Waals surface area contributed by atoms with E-state index in [1.807, 2.05) is 13.8 Å². The van der Waals surface area contributed by atoms with Crippen LogP contribution in [0.25, 0.3) is 0 Å². The van der Waals surface area contributed by atoms with E-state index in [4.69, 9.17) is 14.3 Å². The molecule has 0 unspecified atom stereocenters. The molecule has 2 aromatic rings. The fraction of sp³-hybridized carbons (Fsp3) is 0.333. The van der Waals surface area contributed by atoms with Crippen LogP contribution < -0.4 is 10.1 Å². The Bertz CT molecular complexity index is 733. The molecule has 0 spiro atoms. The number of rotatable bonds is 7. The van der Waals surface area contributed by atoms with Gasteiger partial charge in [0.25, 0.3) is 5.91 Å². The van der Waals surface area contributed by atoms with Crippen LogP contribution in [0.5, 0.6) is 5.75 Å². The molecule has 1 aromatic carbocycles. The van der Waals surface area contributed by atoms with Crippen LogP contribution >= 0.6 is 0 Å². The van der Waals surface area contributed by atoms with E-state index in [-0.39, 0.29) is 17.4 Å². The van der Waals surface area contributed by atoms with Crippen molar-refractivity contribution in [1.29, 1.82) is 0 Å². The first-order valence-corrected chi connectivity index (χ1v) is 7.69. The summed E-state index contributed by atoms with van der Waals surface area (Å²) < 4.78 is 10.6. The van der Waals surface area contributed by atoms with Crippen LogP contribution in [0, 0.1) is 0 Å². The Hall–Kier alpha value is -2.76. The fourth-order valence-corrected chi connectivity index (χ4v) is 2.45. The van der Waals surface area contributed by atoms with E-state index in [9.17, 15) is 9.59 Å². The van der Waals surface area contributed by atoms with Gasteiger partial charge < -0.3 is 19.6 Å². The van der Waals surface area contributed by atoms with Gasteiger partial charge >= 0.3 is 5.97 Å². The minimum atomic E-state index is -1.01. The molecule has 1 amide bonds. The number of aromatic carboxylic acids is 1. The van der Waals surface area contributed by atoms with Crippen molar-refractivity contribution in [3.8, 4) is 5.75 Å². The zero-order valence-corrected chi connectivity index (χ0v) is 14.0. The lowest BCUT2D eigenvalue weighted by Crippen LogP contribution is -2.26. The van der Waals surface area contributed by atoms with Crippen LogP contribution in [0.1, 0.15) is 51.8 Å². The molecule has 128 valence electrons. The highest BCUT2D eigenvalue weighted by molar-refractivity contribution is 5.95. The number of ether oxygens (including phenoxy) is 1. The normalized spacial score (nSPS) is 10.7. The van der Waals surface area contributed by atoms with E-state index >= 15 is 0 Å². The first-order chi connectivity index (χ1) is 11.4. The summed E-state index contributed by atoms with van der Waals surface area (Å²) in [5.74, 6) is 0.0959. The first kappa shape index (κ1) is 17.6. The molecule has 0 aliphatic heterocycles. The Balaban J connectivity index is 2.00. The van der Waals surface area contributed by atoms with Gasteiger partial charge in [-0.15, -0.1) is 0 Å². The molecule has 1 heterocycles. The van der Waals surface area contributed by atoms with E-state index in [2.05, 4.69) is 5.32 Å². The number of amides is 1. The number of carbonyl (C=O) groups is 2. The van der Waals surface area contributed by atoms with Crippen molar-refractivity contribution < 1.29 is 23.8 Å². The van der Waals surface area contributed by atoms with Gasteiger partial charge in [-0.05, 0) is 30.2 Å². The number of methoxy groups -OCH3 is 1. The van der Waals surface area contributed by atoms with Crippen molar-refractivity contribution in [2.75, 3.05) is 13.7 Å². The molecule has 0 fully saturated rings. The predicted octanol–water partition coefficient (Wildman–Crippen LogP) is 3.08. The van der Waals surface area contributed by atoms with Gasteiger partial charge in [-0.3, -0.25) is 4.79 Å². The summed E-state index contributed by atoms with van der Waals surface area (Å²) in [7, 11) is 1.49. The Morgan fingerprint density at radius 3 is 2.67 bits per heavy atom. The third-order valence-corrected chi connectivity index (χ3v) is 3.68. The molecule has 24 heavy (non-hydrogen) atoms. The van der Waals surface area contributed by atoms with E-state index in [0.717, 1.165) is 5.56 Å². The SMILES string of the molecule is COc1cc(C(=O)O)ccc1CCNC(=O)c1ccoc1C(C)C. The van der Waals surface area contributed by atoms with Gasteiger partial charge in [0, 0.05) is 12.5 Å². The number of nitrogens with one attached hydrogen (secondary N) is 1. The van der Waals surface area contributed by atoms with Gasteiger partial charge in [-0.25, -0.2) is 4.79 Å². The van der Waals surface area contributed by atoms with Gasteiger partial charge in [0.1, 0.15) is 11.5 Å². The summed E-state index contributed by atoms with van der Waals surface area (Å²) in [6.07, 6.45) is 2.04. The minimum absolute atomic E-state index is 0.129. The molecule has 0 atom stereocenters. The lowest BCUT2D eigenvalue weighted by Gasteiger charge is -2.11. The van der Waals surface area contributed by atoms with Gasteiger partial charge in [0.15, 0.2) is 0 Å².